The molecule has 0 aliphatic carbocycles. The van der Waals surface area contributed by atoms with E-state index in [1.54, 1.807) is 18.2 Å². The highest BCUT2D eigenvalue weighted by Gasteiger charge is 2.18. The molecule has 118 valence electrons. The van der Waals surface area contributed by atoms with Crippen molar-refractivity contribution in [1.82, 2.24) is 15.2 Å². The molecule has 0 atom stereocenters. The number of thiophene rings is 1. The standard InChI is InChI=1S/C14H10BrN3O3S2/c15-12-7-8-13(22-12)23(20,21)18-17-14(19)11-6-5-9-3-1-2-4-10(9)16-11/h1-8,18H,(H,17,19). The van der Waals surface area contributed by atoms with Crippen LogP contribution < -0.4 is 10.3 Å². The number of nitrogens with one attached hydrogen (secondary N) is 2. The number of para-hydroxylation sites is 1. The molecule has 0 fully saturated rings. The Kier molecular flexibility index (Phi) is 4.44. The molecule has 2 aromatic heterocycles. The van der Waals surface area contributed by atoms with Gasteiger partial charge in [-0.1, -0.05) is 24.3 Å². The van der Waals surface area contributed by atoms with Crippen LogP contribution in [0.3, 0.4) is 0 Å². The second-order valence-electron chi connectivity index (χ2n) is 4.51. The van der Waals surface area contributed by atoms with Gasteiger partial charge in [0.1, 0.15) is 9.90 Å². The molecule has 2 N–H and O–H groups in total. The van der Waals surface area contributed by atoms with Gasteiger partial charge in [0.15, 0.2) is 0 Å². The summed E-state index contributed by atoms with van der Waals surface area (Å²) in [6.07, 6.45) is 0. The van der Waals surface area contributed by atoms with Crippen molar-refractivity contribution in [3.63, 3.8) is 0 Å². The maximum Gasteiger partial charge on any atom is 0.284 e. The maximum atomic E-state index is 12.1. The van der Waals surface area contributed by atoms with E-state index in [-0.39, 0.29) is 9.90 Å². The maximum absolute atomic E-state index is 12.1. The molecule has 0 spiro atoms. The predicted molar refractivity (Wildman–Crippen MR) is 91.5 cm³/mol. The third kappa shape index (κ3) is 3.58. The van der Waals surface area contributed by atoms with E-state index in [0.29, 0.717) is 9.30 Å². The van der Waals surface area contributed by atoms with Gasteiger partial charge in [0.05, 0.1) is 9.30 Å². The summed E-state index contributed by atoms with van der Waals surface area (Å²) in [6.45, 7) is 0. The first-order valence-corrected chi connectivity index (χ1v) is 9.48. The van der Waals surface area contributed by atoms with E-state index in [2.05, 4.69) is 31.2 Å². The molecule has 1 aromatic carbocycles. The number of hydrazine groups is 1. The third-order valence-corrected chi connectivity index (χ3v) is 6.31. The van der Waals surface area contributed by atoms with Crippen LogP contribution in [-0.2, 0) is 10.0 Å². The van der Waals surface area contributed by atoms with E-state index in [4.69, 9.17) is 0 Å². The second-order valence-corrected chi connectivity index (χ2v) is 8.88. The third-order valence-electron chi connectivity index (χ3n) is 2.94. The number of halogens is 1. The molecule has 0 saturated heterocycles. The summed E-state index contributed by atoms with van der Waals surface area (Å²) in [6, 6.07) is 13.7. The van der Waals surface area contributed by atoms with Crippen LogP contribution in [0.2, 0.25) is 0 Å². The molecule has 3 aromatic rings. The highest BCUT2D eigenvalue weighted by molar-refractivity contribution is 9.11. The average molecular weight is 412 g/mol. The van der Waals surface area contributed by atoms with Crippen molar-refractivity contribution in [2.45, 2.75) is 4.21 Å². The number of nitrogens with zero attached hydrogens (tertiary/aromatic N) is 1. The van der Waals surface area contributed by atoms with Crippen molar-refractivity contribution in [2.24, 2.45) is 0 Å². The number of hydrogen-bond donors (Lipinski definition) is 2. The average Bonchev–Trinajstić information content (AvgIpc) is 2.99. The number of fused-ring (bicyclic) bond motifs is 1. The largest absolute Gasteiger partial charge is 0.284 e. The number of benzene rings is 1. The number of amides is 1. The minimum atomic E-state index is -3.81. The van der Waals surface area contributed by atoms with Crippen LogP contribution in [0.5, 0.6) is 0 Å². The topological polar surface area (TPSA) is 88.2 Å². The molecule has 3 rings (SSSR count). The van der Waals surface area contributed by atoms with Crippen molar-refractivity contribution in [3.8, 4) is 0 Å². The molecule has 2 heterocycles. The quantitative estimate of drug-likeness (QED) is 0.645. The van der Waals surface area contributed by atoms with Crippen LogP contribution in [0.1, 0.15) is 10.5 Å². The monoisotopic (exact) mass is 411 g/mol. The molecular weight excluding hydrogens is 402 g/mol. The zero-order chi connectivity index (χ0) is 16.4. The van der Waals surface area contributed by atoms with E-state index >= 15 is 0 Å². The Balaban J connectivity index is 1.75. The van der Waals surface area contributed by atoms with Gasteiger partial charge in [-0.25, -0.2) is 13.4 Å². The number of sulfonamides is 1. The van der Waals surface area contributed by atoms with Gasteiger partial charge in [-0.15, -0.1) is 16.2 Å². The molecule has 0 bridgehead atoms. The highest BCUT2D eigenvalue weighted by atomic mass is 79.9. The molecule has 1 amide bonds. The van der Waals surface area contributed by atoms with Crippen molar-refractivity contribution in [1.29, 1.82) is 0 Å². The normalized spacial score (nSPS) is 11.5. The number of hydrogen-bond acceptors (Lipinski definition) is 5. The Hall–Kier alpha value is -1.81. The summed E-state index contributed by atoms with van der Waals surface area (Å²) in [5, 5.41) is 0.896. The summed E-state index contributed by atoms with van der Waals surface area (Å²) in [7, 11) is -3.81. The number of pyridine rings is 1. The summed E-state index contributed by atoms with van der Waals surface area (Å²) in [5.74, 6) is -0.630. The minimum Gasteiger partial charge on any atom is -0.272 e. The first kappa shape index (κ1) is 16.1. The van der Waals surface area contributed by atoms with Crippen molar-refractivity contribution < 1.29 is 13.2 Å². The Morgan fingerprint density at radius 2 is 1.87 bits per heavy atom. The van der Waals surface area contributed by atoms with Crippen molar-refractivity contribution >= 4 is 54.1 Å². The van der Waals surface area contributed by atoms with E-state index in [0.717, 1.165) is 16.7 Å². The lowest BCUT2D eigenvalue weighted by molar-refractivity contribution is 0.0940. The lowest BCUT2D eigenvalue weighted by Gasteiger charge is -2.07. The van der Waals surface area contributed by atoms with Gasteiger partial charge in [0, 0.05) is 5.39 Å². The van der Waals surface area contributed by atoms with Gasteiger partial charge in [-0.2, -0.15) is 0 Å². The molecular formula is C14H10BrN3O3S2. The van der Waals surface area contributed by atoms with Crippen LogP contribution in [0.15, 0.2) is 56.5 Å². The Labute approximate surface area is 144 Å². The van der Waals surface area contributed by atoms with E-state index in [9.17, 15) is 13.2 Å². The Morgan fingerprint density at radius 3 is 2.61 bits per heavy atom. The highest BCUT2D eigenvalue weighted by Crippen LogP contribution is 2.25. The molecule has 9 heteroatoms. The smallest absolute Gasteiger partial charge is 0.272 e. The van der Waals surface area contributed by atoms with Crippen molar-refractivity contribution in [2.75, 3.05) is 0 Å². The van der Waals surface area contributed by atoms with Crippen LogP contribution in [0.25, 0.3) is 10.9 Å². The zero-order valence-corrected chi connectivity index (χ0v) is 14.7. The first-order chi connectivity index (χ1) is 11.0. The zero-order valence-electron chi connectivity index (χ0n) is 11.5. The number of aromatic nitrogens is 1. The molecule has 6 nitrogen and oxygen atoms in total. The van der Waals surface area contributed by atoms with Gasteiger partial charge >= 0.3 is 0 Å². The van der Waals surface area contributed by atoms with Crippen LogP contribution >= 0.6 is 27.3 Å². The fourth-order valence-electron chi connectivity index (χ4n) is 1.86. The minimum absolute atomic E-state index is 0.0937. The van der Waals surface area contributed by atoms with Gasteiger partial charge in [0.25, 0.3) is 15.9 Å². The molecule has 23 heavy (non-hydrogen) atoms. The number of carbonyl (C=O) groups excluding carboxylic acids is 1. The van der Waals surface area contributed by atoms with Crippen LogP contribution in [0.4, 0.5) is 0 Å². The van der Waals surface area contributed by atoms with Gasteiger partial charge in [-0.3, -0.25) is 10.2 Å². The molecule has 0 unspecified atom stereocenters. The van der Waals surface area contributed by atoms with Gasteiger partial charge < -0.3 is 0 Å². The first-order valence-electron chi connectivity index (χ1n) is 6.39. The SMILES string of the molecule is O=C(NNS(=O)(=O)c1ccc(Br)s1)c1ccc2ccccc2n1. The lowest BCUT2D eigenvalue weighted by atomic mass is 10.2. The summed E-state index contributed by atoms with van der Waals surface area (Å²) in [5.41, 5.74) is 2.95. The molecule has 0 radical (unpaired) electrons. The number of rotatable bonds is 4. The Bertz CT molecular complexity index is 986. The molecule has 0 saturated carbocycles. The van der Waals surface area contributed by atoms with E-state index < -0.39 is 15.9 Å². The fourth-order valence-corrected chi connectivity index (χ4v) is 4.71. The van der Waals surface area contributed by atoms with Gasteiger partial charge in [0.2, 0.25) is 0 Å². The molecule has 0 aliphatic heterocycles. The van der Waals surface area contributed by atoms with E-state index in [1.165, 1.54) is 12.1 Å². The predicted octanol–water partition coefficient (Wildman–Crippen LogP) is 2.68. The Morgan fingerprint density at radius 1 is 1.09 bits per heavy atom. The lowest BCUT2D eigenvalue weighted by Crippen LogP contribution is -2.41. The summed E-state index contributed by atoms with van der Waals surface area (Å²) >= 11 is 4.24. The number of carbonyl (C=O) groups is 1. The van der Waals surface area contributed by atoms with Crippen LogP contribution in [-0.4, -0.2) is 19.3 Å². The summed E-state index contributed by atoms with van der Waals surface area (Å²) in [4.78, 5) is 18.3. The van der Waals surface area contributed by atoms with E-state index in [1.807, 2.05) is 18.2 Å². The van der Waals surface area contributed by atoms with Crippen molar-refractivity contribution in [3.05, 3.63) is 58.0 Å². The van der Waals surface area contributed by atoms with Crippen LogP contribution in [0, 0.1) is 0 Å². The molecule has 0 aliphatic rings. The summed E-state index contributed by atoms with van der Waals surface area (Å²) < 4.78 is 24.8. The fraction of sp³-hybridized carbons (Fsp3) is 0. The van der Waals surface area contributed by atoms with Gasteiger partial charge in [-0.05, 0) is 40.2 Å². The second kappa shape index (κ2) is 6.36.